The number of carboxylic acids is 1. The zero-order valence-corrected chi connectivity index (χ0v) is 10.9. The zero-order chi connectivity index (χ0) is 14.1. The molecule has 0 amide bonds. The first-order chi connectivity index (χ1) is 9.65. The van der Waals surface area contributed by atoms with E-state index in [0.717, 1.165) is 6.42 Å². The third kappa shape index (κ3) is 2.31. The summed E-state index contributed by atoms with van der Waals surface area (Å²) in [6.45, 7) is 0. The highest BCUT2D eigenvalue weighted by molar-refractivity contribution is 5.76. The molecule has 0 radical (unpaired) electrons. The minimum absolute atomic E-state index is 0.289. The van der Waals surface area contributed by atoms with Gasteiger partial charge in [-0.15, -0.1) is 0 Å². The van der Waals surface area contributed by atoms with Crippen LogP contribution in [-0.2, 0) is 11.2 Å². The predicted molar refractivity (Wildman–Crippen MR) is 74.3 cm³/mol. The summed E-state index contributed by atoms with van der Waals surface area (Å²) in [4.78, 5) is 11.5. The van der Waals surface area contributed by atoms with Gasteiger partial charge in [0.1, 0.15) is 5.82 Å². The van der Waals surface area contributed by atoms with Crippen molar-refractivity contribution in [3.8, 4) is 0 Å². The van der Waals surface area contributed by atoms with Crippen molar-refractivity contribution in [3.05, 3.63) is 71.0 Å². The number of aliphatic carboxylic acids is 1. The molecule has 2 nitrogen and oxygen atoms in total. The van der Waals surface area contributed by atoms with Gasteiger partial charge in [-0.3, -0.25) is 4.79 Å². The van der Waals surface area contributed by atoms with Crippen molar-refractivity contribution < 1.29 is 14.3 Å². The summed E-state index contributed by atoms with van der Waals surface area (Å²) in [5.74, 6) is -1.47. The highest BCUT2D eigenvalue weighted by Gasteiger charge is 2.31. The SMILES string of the molecule is O=C(O)C(CC1Cc2ccccc21)c1ccc(F)cc1. The summed E-state index contributed by atoms with van der Waals surface area (Å²) in [6, 6.07) is 13.9. The van der Waals surface area contributed by atoms with E-state index in [-0.39, 0.29) is 11.7 Å². The molecule has 2 atom stereocenters. The third-order valence-electron chi connectivity index (χ3n) is 4.05. The molecule has 20 heavy (non-hydrogen) atoms. The van der Waals surface area contributed by atoms with E-state index in [4.69, 9.17) is 0 Å². The Morgan fingerprint density at radius 3 is 2.55 bits per heavy atom. The first kappa shape index (κ1) is 12.9. The fourth-order valence-electron chi connectivity index (χ4n) is 2.93. The largest absolute Gasteiger partial charge is 0.481 e. The van der Waals surface area contributed by atoms with Crippen LogP contribution in [-0.4, -0.2) is 11.1 Å². The molecule has 0 heterocycles. The molecule has 2 aromatic carbocycles. The molecule has 0 aromatic heterocycles. The number of halogens is 1. The van der Waals surface area contributed by atoms with Crippen molar-refractivity contribution in [2.75, 3.05) is 0 Å². The second kappa shape index (κ2) is 5.08. The lowest BCUT2D eigenvalue weighted by Crippen LogP contribution is -2.22. The summed E-state index contributed by atoms with van der Waals surface area (Å²) in [7, 11) is 0. The van der Waals surface area contributed by atoms with Gasteiger partial charge in [0.2, 0.25) is 0 Å². The maximum atomic E-state index is 12.9. The summed E-state index contributed by atoms with van der Waals surface area (Å²) in [5.41, 5.74) is 3.23. The molecular formula is C17H15FO2. The fraction of sp³-hybridized carbons (Fsp3) is 0.235. The standard InChI is InChI=1S/C17H15FO2/c18-14-7-5-11(6-8-14)16(17(19)20)10-13-9-12-3-1-2-4-15(12)13/h1-8,13,16H,9-10H2,(H,19,20). The molecule has 0 bridgehead atoms. The Kier molecular flexibility index (Phi) is 3.26. The number of hydrogen-bond acceptors (Lipinski definition) is 1. The van der Waals surface area contributed by atoms with Gasteiger partial charge in [0.15, 0.2) is 0 Å². The normalized spacial score (nSPS) is 17.9. The van der Waals surface area contributed by atoms with Crippen LogP contribution in [0.2, 0.25) is 0 Å². The monoisotopic (exact) mass is 270 g/mol. The minimum atomic E-state index is -0.846. The van der Waals surface area contributed by atoms with E-state index in [1.54, 1.807) is 12.1 Å². The van der Waals surface area contributed by atoms with Crippen LogP contribution in [0.1, 0.15) is 34.9 Å². The molecule has 0 saturated carbocycles. The van der Waals surface area contributed by atoms with Crippen molar-refractivity contribution in [1.82, 2.24) is 0 Å². The number of carbonyl (C=O) groups is 1. The van der Waals surface area contributed by atoms with Crippen LogP contribution in [0.4, 0.5) is 4.39 Å². The van der Waals surface area contributed by atoms with E-state index >= 15 is 0 Å². The Balaban J connectivity index is 1.80. The highest BCUT2D eigenvalue weighted by Crippen LogP contribution is 2.41. The molecule has 0 aliphatic heterocycles. The lowest BCUT2D eigenvalue weighted by atomic mass is 9.72. The van der Waals surface area contributed by atoms with Crippen LogP contribution in [0.5, 0.6) is 0 Å². The van der Waals surface area contributed by atoms with Crippen molar-refractivity contribution in [3.63, 3.8) is 0 Å². The van der Waals surface area contributed by atoms with Gasteiger partial charge in [-0.2, -0.15) is 0 Å². The van der Waals surface area contributed by atoms with Gasteiger partial charge in [0, 0.05) is 0 Å². The quantitative estimate of drug-likeness (QED) is 0.919. The molecule has 1 N–H and O–H groups in total. The topological polar surface area (TPSA) is 37.3 Å². The molecule has 3 heteroatoms. The molecule has 2 unspecified atom stereocenters. The fourth-order valence-corrected chi connectivity index (χ4v) is 2.93. The van der Waals surface area contributed by atoms with Gasteiger partial charge < -0.3 is 5.11 Å². The average Bonchev–Trinajstić information content (AvgIpc) is 2.41. The first-order valence-electron chi connectivity index (χ1n) is 6.71. The van der Waals surface area contributed by atoms with Crippen molar-refractivity contribution in [1.29, 1.82) is 0 Å². The Bertz CT molecular complexity index is 634. The van der Waals surface area contributed by atoms with Crippen LogP contribution < -0.4 is 0 Å². The van der Waals surface area contributed by atoms with Gasteiger partial charge in [-0.05, 0) is 47.6 Å². The number of hydrogen-bond donors (Lipinski definition) is 1. The first-order valence-corrected chi connectivity index (χ1v) is 6.71. The number of benzene rings is 2. The lowest BCUT2D eigenvalue weighted by molar-refractivity contribution is -0.139. The third-order valence-corrected chi connectivity index (χ3v) is 4.05. The summed E-state index contributed by atoms with van der Waals surface area (Å²) >= 11 is 0. The van der Waals surface area contributed by atoms with Gasteiger partial charge >= 0.3 is 5.97 Å². The molecule has 0 fully saturated rings. The Labute approximate surface area is 116 Å². The molecule has 3 rings (SSSR count). The van der Waals surface area contributed by atoms with Crippen LogP contribution in [0, 0.1) is 5.82 Å². The average molecular weight is 270 g/mol. The maximum absolute atomic E-state index is 12.9. The van der Waals surface area contributed by atoms with E-state index in [1.165, 1.54) is 23.3 Å². The maximum Gasteiger partial charge on any atom is 0.310 e. The molecule has 2 aromatic rings. The van der Waals surface area contributed by atoms with Crippen LogP contribution >= 0.6 is 0 Å². The molecular weight excluding hydrogens is 255 g/mol. The van der Waals surface area contributed by atoms with E-state index in [1.807, 2.05) is 12.1 Å². The van der Waals surface area contributed by atoms with Gasteiger partial charge in [-0.1, -0.05) is 36.4 Å². The lowest BCUT2D eigenvalue weighted by Gasteiger charge is -2.32. The van der Waals surface area contributed by atoms with Gasteiger partial charge in [0.05, 0.1) is 5.92 Å². The van der Waals surface area contributed by atoms with Crippen LogP contribution in [0.15, 0.2) is 48.5 Å². The van der Waals surface area contributed by atoms with Crippen LogP contribution in [0.25, 0.3) is 0 Å². The molecule has 0 spiro atoms. The van der Waals surface area contributed by atoms with E-state index in [9.17, 15) is 14.3 Å². The second-order valence-electron chi connectivity index (χ2n) is 5.28. The summed E-state index contributed by atoms with van der Waals surface area (Å²) < 4.78 is 12.9. The minimum Gasteiger partial charge on any atom is -0.481 e. The van der Waals surface area contributed by atoms with Crippen molar-refractivity contribution in [2.45, 2.75) is 24.7 Å². The van der Waals surface area contributed by atoms with Gasteiger partial charge in [0.25, 0.3) is 0 Å². The van der Waals surface area contributed by atoms with Crippen molar-refractivity contribution in [2.24, 2.45) is 0 Å². The molecule has 1 aliphatic rings. The predicted octanol–water partition coefficient (Wildman–Crippen LogP) is 3.72. The number of carboxylic acid groups (broad SMARTS) is 1. The Hall–Kier alpha value is -2.16. The Morgan fingerprint density at radius 1 is 1.20 bits per heavy atom. The summed E-state index contributed by atoms with van der Waals surface area (Å²) in [6.07, 6.45) is 1.50. The number of fused-ring (bicyclic) bond motifs is 1. The molecule has 0 saturated heterocycles. The Morgan fingerprint density at radius 2 is 1.90 bits per heavy atom. The summed E-state index contributed by atoms with van der Waals surface area (Å²) in [5, 5.41) is 9.42. The number of rotatable bonds is 4. The zero-order valence-electron chi connectivity index (χ0n) is 10.9. The smallest absolute Gasteiger partial charge is 0.310 e. The van der Waals surface area contributed by atoms with Crippen LogP contribution in [0.3, 0.4) is 0 Å². The van der Waals surface area contributed by atoms with E-state index in [0.29, 0.717) is 12.0 Å². The second-order valence-corrected chi connectivity index (χ2v) is 5.28. The van der Waals surface area contributed by atoms with E-state index in [2.05, 4.69) is 12.1 Å². The van der Waals surface area contributed by atoms with Gasteiger partial charge in [-0.25, -0.2) is 4.39 Å². The molecule has 1 aliphatic carbocycles. The van der Waals surface area contributed by atoms with Crippen molar-refractivity contribution >= 4 is 5.97 Å². The van der Waals surface area contributed by atoms with E-state index < -0.39 is 11.9 Å². The molecule has 102 valence electrons. The highest BCUT2D eigenvalue weighted by atomic mass is 19.1.